The van der Waals surface area contributed by atoms with E-state index in [-0.39, 0.29) is 36.9 Å². The molecule has 0 aromatic heterocycles. The van der Waals surface area contributed by atoms with E-state index in [9.17, 15) is 39.6 Å². The number of amides is 1. The van der Waals surface area contributed by atoms with Crippen molar-refractivity contribution in [2.45, 2.75) is 30.1 Å². The standard InChI is InChI=1S/C20H17ClF6N2O3S/c21-15-1-3-17(4-2-15)33(31,32)29-7-5-12(6-8-29)18(30)28-16-10-13(19(22,23)24)9-14(11-16)20(25,26)27/h1-4,9-12H,5-8H2,(H,28,30). The fourth-order valence-corrected chi connectivity index (χ4v) is 4.98. The van der Waals surface area contributed by atoms with E-state index >= 15 is 0 Å². The highest BCUT2D eigenvalue weighted by Gasteiger charge is 2.38. The van der Waals surface area contributed by atoms with E-state index in [1.807, 2.05) is 0 Å². The predicted octanol–water partition coefficient (Wildman–Crippen LogP) is 5.42. The molecule has 1 saturated heterocycles. The van der Waals surface area contributed by atoms with Crippen molar-refractivity contribution in [1.29, 1.82) is 0 Å². The number of nitrogens with one attached hydrogen (secondary N) is 1. The van der Waals surface area contributed by atoms with Crippen LogP contribution in [0.1, 0.15) is 24.0 Å². The number of benzene rings is 2. The van der Waals surface area contributed by atoms with Crippen molar-refractivity contribution in [3.05, 3.63) is 58.6 Å². The van der Waals surface area contributed by atoms with E-state index < -0.39 is 51.0 Å². The molecule has 1 aliphatic rings. The van der Waals surface area contributed by atoms with Gasteiger partial charge >= 0.3 is 12.4 Å². The highest BCUT2D eigenvalue weighted by Crippen LogP contribution is 2.38. The Balaban J connectivity index is 1.71. The van der Waals surface area contributed by atoms with Crippen LogP contribution in [-0.2, 0) is 27.2 Å². The molecule has 0 radical (unpaired) electrons. The summed E-state index contributed by atoms with van der Waals surface area (Å²) in [5.41, 5.74) is -3.73. The molecule has 1 N–H and O–H groups in total. The van der Waals surface area contributed by atoms with Gasteiger partial charge in [-0.3, -0.25) is 4.79 Å². The Morgan fingerprint density at radius 3 is 1.85 bits per heavy atom. The number of sulfonamides is 1. The molecule has 1 fully saturated rings. The Morgan fingerprint density at radius 2 is 1.39 bits per heavy atom. The molecule has 2 aromatic rings. The molecule has 33 heavy (non-hydrogen) atoms. The summed E-state index contributed by atoms with van der Waals surface area (Å²) in [6, 6.07) is 6.32. The Bertz CT molecular complexity index is 1090. The summed E-state index contributed by atoms with van der Waals surface area (Å²) in [5, 5.41) is 2.46. The molecule has 0 unspecified atom stereocenters. The average molecular weight is 515 g/mol. The number of hydrogen-bond donors (Lipinski definition) is 1. The van der Waals surface area contributed by atoms with E-state index in [2.05, 4.69) is 5.32 Å². The zero-order chi connectivity index (χ0) is 24.6. The highest BCUT2D eigenvalue weighted by atomic mass is 35.5. The van der Waals surface area contributed by atoms with Gasteiger partial charge in [0.1, 0.15) is 0 Å². The van der Waals surface area contributed by atoms with Gasteiger partial charge in [0, 0.05) is 29.7 Å². The second-order valence-electron chi connectivity index (χ2n) is 7.42. The number of carbonyl (C=O) groups excluding carboxylic acids is 1. The molecular formula is C20H17ClF6N2O3S. The van der Waals surface area contributed by atoms with E-state index in [1.165, 1.54) is 24.3 Å². The normalized spacial score (nSPS) is 16.6. The fraction of sp³-hybridized carbons (Fsp3) is 0.350. The lowest BCUT2D eigenvalue weighted by molar-refractivity contribution is -0.143. The summed E-state index contributed by atoms with van der Waals surface area (Å²) in [5.74, 6) is -1.57. The Hall–Kier alpha value is -2.31. The zero-order valence-electron chi connectivity index (χ0n) is 16.7. The third kappa shape index (κ3) is 5.98. The number of nitrogens with zero attached hydrogens (tertiary/aromatic N) is 1. The minimum absolute atomic E-state index is 0.0125. The third-order valence-corrected chi connectivity index (χ3v) is 7.30. The molecule has 2 aromatic carbocycles. The zero-order valence-corrected chi connectivity index (χ0v) is 18.2. The first-order valence-electron chi connectivity index (χ1n) is 9.54. The third-order valence-electron chi connectivity index (χ3n) is 5.13. The molecule has 1 heterocycles. The van der Waals surface area contributed by atoms with E-state index in [1.54, 1.807) is 0 Å². The van der Waals surface area contributed by atoms with Crippen molar-refractivity contribution < 1.29 is 39.6 Å². The van der Waals surface area contributed by atoms with Crippen LogP contribution in [0.3, 0.4) is 0 Å². The molecule has 0 atom stereocenters. The maximum absolute atomic E-state index is 13.0. The summed E-state index contributed by atoms with van der Waals surface area (Å²) < 4.78 is 105. The minimum atomic E-state index is -5.04. The molecule has 1 aliphatic heterocycles. The lowest BCUT2D eigenvalue weighted by Crippen LogP contribution is -2.41. The van der Waals surface area contributed by atoms with Gasteiger partial charge in [-0.05, 0) is 55.3 Å². The molecular weight excluding hydrogens is 498 g/mol. The Kier molecular flexibility index (Phi) is 7.02. The molecule has 0 saturated carbocycles. The number of piperidine rings is 1. The fourth-order valence-electron chi connectivity index (χ4n) is 3.39. The minimum Gasteiger partial charge on any atom is -0.326 e. The lowest BCUT2D eigenvalue weighted by Gasteiger charge is -2.30. The second-order valence-corrected chi connectivity index (χ2v) is 9.79. The van der Waals surface area contributed by atoms with Gasteiger partial charge in [-0.25, -0.2) is 8.42 Å². The van der Waals surface area contributed by atoms with Crippen molar-refractivity contribution in [2.75, 3.05) is 18.4 Å². The molecule has 13 heteroatoms. The van der Waals surface area contributed by atoms with Crippen molar-refractivity contribution >= 4 is 33.2 Å². The van der Waals surface area contributed by atoms with E-state index in [0.717, 1.165) is 4.31 Å². The first-order valence-corrected chi connectivity index (χ1v) is 11.4. The molecule has 180 valence electrons. The van der Waals surface area contributed by atoms with Crippen LogP contribution >= 0.6 is 11.6 Å². The average Bonchev–Trinajstić information content (AvgIpc) is 2.72. The molecule has 0 bridgehead atoms. The summed E-state index contributed by atoms with van der Waals surface area (Å²) in [6.45, 7) is -0.0844. The van der Waals surface area contributed by atoms with Crippen molar-refractivity contribution in [1.82, 2.24) is 4.31 Å². The van der Waals surface area contributed by atoms with Gasteiger partial charge in [0.25, 0.3) is 0 Å². The molecule has 3 rings (SSSR count). The van der Waals surface area contributed by atoms with Gasteiger partial charge < -0.3 is 5.32 Å². The predicted molar refractivity (Wildman–Crippen MR) is 108 cm³/mol. The number of halogens is 7. The van der Waals surface area contributed by atoms with Crippen LogP contribution in [-0.4, -0.2) is 31.7 Å². The Morgan fingerprint density at radius 1 is 0.909 bits per heavy atom. The van der Waals surface area contributed by atoms with Crippen LogP contribution in [0, 0.1) is 5.92 Å². The van der Waals surface area contributed by atoms with Crippen LogP contribution in [0.25, 0.3) is 0 Å². The molecule has 0 spiro atoms. The maximum atomic E-state index is 13.0. The Labute approximate surface area is 190 Å². The van der Waals surface area contributed by atoms with Crippen LogP contribution in [0.15, 0.2) is 47.4 Å². The van der Waals surface area contributed by atoms with Gasteiger partial charge in [-0.1, -0.05) is 11.6 Å². The molecule has 1 amide bonds. The van der Waals surface area contributed by atoms with E-state index in [0.29, 0.717) is 17.2 Å². The SMILES string of the molecule is O=C(Nc1cc(C(F)(F)F)cc(C(F)(F)F)c1)C1CCN(S(=O)(=O)c2ccc(Cl)cc2)CC1. The second kappa shape index (κ2) is 9.15. The highest BCUT2D eigenvalue weighted by molar-refractivity contribution is 7.89. The van der Waals surface area contributed by atoms with Crippen molar-refractivity contribution in [3.8, 4) is 0 Å². The van der Waals surface area contributed by atoms with Gasteiger partial charge in [0.2, 0.25) is 15.9 Å². The first kappa shape index (κ1) is 25.3. The smallest absolute Gasteiger partial charge is 0.326 e. The van der Waals surface area contributed by atoms with Crippen LogP contribution < -0.4 is 5.32 Å². The van der Waals surface area contributed by atoms with Gasteiger partial charge in [0.05, 0.1) is 16.0 Å². The number of rotatable bonds is 4. The van der Waals surface area contributed by atoms with Crippen LogP contribution in [0.2, 0.25) is 5.02 Å². The number of hydrogen-bond acceptors (Lipinski definition) is 3. The number of anilines is 1. The van der Waals surface area contributed by atoms with E-state index in [4.69, 9.17) is 11.6 Å². The number of alkyl halides is 6. The largest absolute Gasteiger partial charge is 0.416 e. The van der Waals surface area contributed by atoms with Gasteiger partial charge in [-0.2, -0.15) is 30.6 Å². The lowest BCUT2D eigenvalue weighted by atomic mass is 9.97. The summed E-state index contributed by atoms with van der Waals surface area (Å²) in [4.78, 5) is 12.5. The van der Waals surface area contributed by atoms with Crippen molar-refractivity contribution in [3.63, 3.8) is 0 Å². The van der Waals surface area contributed by atoms with Gasteiger partial charge in [0.15, 0.2) is 0 Å². The van der Waals surface area contributed by atoms with Crippen LogP contribution in [0.4, 0.5) is 32.0 Å². The topological polar surface area (TPSA) is 66.5 Å². The first-order chi connectivity index (χ1) is 15.2. The number of carbonyl (C=O) groups is 1. The molecule has 5 nitrogen and oxygen atoms in total. The quantitative estimate of drug-likeness (QED) is 0.554. The monoisotopic (exact) mass is 514 g/mol. The summed E-state index contributed by atoms with van der Waals surface area (Å²) in [7, 11) is -3.84. The van der Waals surface area contributed by atoms with Crippen LogP contribution in [0.5, 0.6) is 0 Å². The van der Waals surface area contributed by atoms with Crippen molar-refractivity contribution in [2.24, 2.45) is 5.92 Å². The van der Waals surface area contributed by atoms with Gasteiger partial charge in [-0.15, -0.1) is 0 Å². The maximum Gasteiger partial charge on any atom is 0.416 e. The molecule has 0 aliphatic carbocycles. The summed E-state index contributed by atoms with van der Waals surface area (Å²) >= 11 is 5.76. The summed E-state index contributed by atoms with van der Waals surface area (Å²) in [6.07, 6.45) is -9.99.